The first-order valence-electron chi connectivity index (χ1n) is 5.65. The number of thioether (sulfide) groups is 1. The zero-order valence-electron chi connectivity index (χ0n) is 9.40. The van der Waals surface area contributed by atoms with Crippen molar-refractivity contribution in [3.8, 4) is 0 Å². The van der Waals surface area contributed by atoms with Gasteiger partial charge in [0.1, 0.15) is 5.82 Å². The van der Waals surface area contributed by atoms with Crippen LogP contribution in [0.3, 0.4) is 0 Å². The van der Waals surface area contributed by atoms with Crippen molar-refractivity contribution in [1.29, 1.82) is 0 Å². The average molecular weight is 254 g/mol. The Bertz CT molecular complexity index is 431. The molecule has 0 bridgehead atoms. The van der Waals surface area contributed by atoms with Gasteiger partial charge >= 0.3 is 0 Å². The van der Waals surface area contributed by atoms with E-state index in [4.69, 9.17) is 10.9 Å². The van der Waals surface area contributed by atoms with Crippen LogP contribution in [0.2, 0.25) is 0 Å². The van der Waals surface area contributed by atoms with E-state index in [1.165, 1.54) is 18.9 Å². The Balaban J connectivity index is 2.29. The molecule has 92 valence electrons. The second kappa shape index (κ2) is 5.40. The maximum atomic E-state index is 13.7. The molecule has 0 radical (unpaired) electrons. The molecule has 0 aromatic heterocycles. The molecule has 1 aromatic carbocycles. The topological polar surface area (TPSA) is 58.6 Å². The summed E-state index contributed by atoms with van der Waals surface area (Å²) < 4.78 is 13.7. The van der Waals surface area contributed by atoms with E-state index in [-0.39, 0.29) is 11.4 Å². The largest absolute Gasteiger partial charge is 0.409 e. The van der Waals surface area contributed by atoms with Crippen molar-refractivity contribution < 1.29 is 9.60 Å². The highest BCUT2D eigenvalue weighted by Gasteiger charge is 2.20. The second-order valence-corrected chi connectivity index (χ2v) is 5.46. The van der Waals surface area contributed by atoms with E-state index < -0.39 is 5.82 Å². The van der Waals surface area contributed by atoms with Crippen LogP contribution in [0.5, 0.6) is 0 Å². The summed E-state index contributed by atoms with van der Waals surface area (Å²) in [5.74, 6) is -0.605. The van der Waals surface area contributed by atoms with Gasteiger partial charge in [0, 0.05) is 10.1 Å². The Hall–Kier alpha value is -1.23. The fraction of sp³-hybridized carbons (Fsp3) is 0.417. The molecule has 0 atom stereocenters. The molecular formula is C12H15FN2OS. The van der Waals surface area contributed by atoms with Crippen LogP contribution in [0.4, 0.5) is 4.39 Å². The lowest BCUT2D eigenvalue weighted by Crippen LogP contribution is -2.16. The molecule has 1 aromatic rings. The minimum Gasteiger partial charge on any atom is -0.409 e. The molecular weight excluding hydrogens is 239 g/mol. The normalized spacial score (nSPS) is 17.6. The van der Waals surface area contributed by atoms with Gasteiger partial charge in [0.05, 0.1) is 5.56 Å². The van der Waals surface area contributed by atoms with Gasteiger partial charge in [0.25, 0.3) is 0 Å². The fourth-order valence-corrected chi connectivity index (χ4v) is 3.49. The van der Waals surface area contributed by atoms with Gasteiger partial charge in [-0.1, -0.05) is 24.1 Å². The number of nitrogens with two attached hydrogens (primary N) is 1. The zero-order valence-corrected chi connectivity index (χ0v) is 10.2. The highest BCUT2D eigenvalue weighted by atomic mass is 32.2. The molecule has 1 aliphatic rings. The lowest BCUT2D eigenvalue weighted by Gasteiger charge is -2.12. The molecule has 0 aliphatic heterocycles. The summed E-state index contributed by atoms with van der Waals surface area (Å²) in [6, 6.07) is 4.80. The first-order chi connectivity index (χ1) is 8.22. The predicted molar refractivity (Wildman–Crippen MR) is 67.0 cm³/mol. The van der Waals surface area contributed by atoms with Gasteiger partial charge < -0.3 is 10.9 Å². The molecule has 17 heavy (non-hydrogen) atoms. The first kappa shape index (κ1) is 12.2. The van der Waals surface area contributed by atoms with Gasteiger partial charge in [0.2, 0.25) is 0 Å². The molecule has 5 heteroatoms. The van der Waals surface area contributed by atoms with Crippen LogP contribution in [-0.4, -0.2) is 16.3 Å². The van der Waals surface area contributed by atoms with Crippen LogP contribution in [-0.2, 0) is 0 Å². The monoisotopic (exact) mass is 254 g/mol. The smallest absolute Gasteiger partial charge is 0.174 e. The van der Waals surface area contributed by atoms with Crippen LogP contribution in [0.15, 0.2) is 28.3 Å². The van der Waals surface area contributed by atoms with Crippen LogP contribution in [0.25, 0.3) is 0 Å². The standard InChI is InChI=1S/C12H15FN2OS/c13-9-6-3-7-10(11(9)12(14)15-16)17-8-4-1-2-5-8/h3,6-8,16H,1-2,4-5H2,(H2,14,15). The van der Waals surface area contributed by atoms with Gasteiger partial charge in [-0.2, -0.15) is 0 Å². The number of rotatable bonds is 3. The summed E-state index contributed by atoms with van der Waals surface area (Å²) in [7, 11) is 0. The van der Waals surface area contributed by atoms with Crippen LogP contribution >= 0.6 is 11.8 Å². The highest BCUT2D eigenvalue weighted by molar-refractivity contribution is 8.00. The summed E-state index contributed by atoms with van der Waals surface area (Å²) in [6.45, 7) is 0. The van der Waals surface area contributed by atoms with E-state index in [1.807, 2.05) is 6.07 Å². The fourth-order valence-electron chi connectivity index (χ4n) is 2.09. The summed E-state index contributed by atoms with van der Waals surface area (Å²) in [4.78, 5) is 0.757. The Morgan fingerprint density at radius 1 is 1.41 bits per heavy atom. The maximum Gasteiger partial charge on any atom is 0.174 e. The summed E-state index contributed by atoms with van der Waals surface area (Å²) in [6.07, 6.45) is 4.76. The maximum absolute atomic E-state index is 13.7. The Labute approximate surface area is 104 Å². The van der Waals surface area contributed by atoms with Crippen LogP contribution in [0, 0.1) is 5.82 Å². The third kappa shape index (κ3) is 2.72. The van der Waals surface area contributed by atoms with Crippen LogP contribution in [0.1, 0.15) is 31.2 Å². The molecule has 1 saturated carbocycles. The van der Waals surface area contributed by atoms with Crippen molar-refractivity contribution in [1.82, 2.24) is 0 Å². The summed E-state index contributed by atoms with van der Waals surface area (Å²) >= 11 is 1.62. The number of hydrogen-bond donors (Lipinski definition) is 2. The van der Waals surface area contributed by atoms with E-state index in [2.05, 4.69) is 5.16 Å². The second-order valence-electron chi connectivity index (χ2n) is 4.12. The third-order valence-corrected chi connectivity index (χ3v) is 4.33. The van der Waals surface area contributed by atoms with E-state index in [0.29, 0.717) is 5.25 Å². The van der Waals surface area contributed by atoms with E-state index in [0.717, 1.165) is 17.7 Å². The molecule has 2 rings (SSSR count). The summed E-state index contributed by atoms with van der Waals surface area (Å²) in [5.41, 5.74) is 5.73. The molecule has 3 nitrogen and oxygen atoms in total. The molecule has 0 unspecified atom stereocenters. The predicted octanol–water partition coefficient (Wildman–Crippen LogP) is 2.95. The molecule has 1 fully saturated rings. The molecule has 1 aliphatic carbocycles. The Morgan fingerprint density at radius 2 is 2.12 bits per heavy atom. The van der Waals surface area contributed by atoms with Gasteiger partial charge in [-0.3, -0.25) is 0 Å². The van der Waals surface area contributed by atoms with Gasteiger partial charge in [-0.15, -0.1) is 11.8 Å². The number of nitrogens with zero attached hydrogens (tertiary/aromatic N) is 1. The van der Waals surface area contributed by atoms with Crippen molar-refractivity contribution in [2.24, 2.45) is 10.9 Å². The summed E-state index contributed by atoms with van der Waals surface area (Å²) in [5, 5.41) is 12.1. The van der Waals surface area contributed by atoms with Gasteiger partial charge in [0.15, 0.2) is 5.84 Å². The lowest BCUT2D eigenvalue weighted by molar-refractivity contribution is 0.318. The number of oxime groups is 1. The molecule has 0 spiro atoms. The Kier molecular flexibility index (Phi) is 3.89. The number of benzene rings is 1. The van der Waals surface area contributed by atoms with E-state index >= 15 is 0 Å². The molecule has 0 heterocycles. The average Bonchev–Trinajstić information content (AvgIpc) is 2.81. The quantitative estimate of drug-likeness (QED) is 0.377. The van der Waals surface area contributed by atoms with Crippen molar-refractivity contribution in [2.45, 2.75) is 35.8 Å². The lowest BCUT2D eigenvalue weighted by atomic mass is 10.2. The SMILES string of the molecule is NC(=NO)c1c(F)cccc1SC1CCCC1. The molecule has 0 saturated heterocycles. The Morgan fingerprint density at radius 3 is 2.76 bits per heavy atom. The first-order valence-corrected chi connectivity index (χ1v) is 6.53. The number of hydrogen-bond acceptors (Lipinski definition) is 3. The number of amidine groups is 1. The number of halogens is 1. The van der Waals surface area contributed by atoms with Gasteiger partial charge in [-0.25, -0.2) is 4.39 Å². The minimum absolute atomic E-state index is 0.163. The van der Waals surface area contributed by atoms with Gasteiger partial charge in [-0.05, 0) is 25.0 Å². The highest BCUT2D eigenvalue weighted by Crippen LogP contribution is 2.36. The van der Waals surface area contributed by atoms with E-state index in [1.54, 1.807) is 17.8 Å². The van der Waals surface area contributed by atoms with Crippen molar-refractivity contribution in [3.63, 3.8) is 0 Å². The van der Waals surface area contributed by atoms with Crippen LogP contribution < -0.4 is 5.73 Å². The molecule has 3 N–H and O–H groups in total. The van der Waals surface area contributed by atoms with Crippen molar-refractivity contribution in [3.05, 3.63) is 29.6 Å². The molecule has 0 amide bonds. The minimum atomic E-state index is -0.441. The third-order valence-electron chi connectivity index (χ3n) is 2.94. The van der Waals surface area contributed by atoms with E-state index in [9.17, 15) is 4.39 Å². The van der Waals surface area contributed by atoms with Crippen molar-refractivity contribution >= 4 is 17.6 Å². The zero-order chi connectivity index (χ0) is 12.3. The van der Waals surface area contributed by atoms with Crippen molar-refractivity contribution in [2.75, 3.05) is 0 Å².